The van der Waals surface area contributed by atoms with Gasteiger partial charge in [0.25, 0.3) is 5.91 Å². The van der Waals surface area contributed by atoms with Gasteiger partial charge in [0.15, 0.2) is 5.75 Å². The third-order valence-corrected chi connectivity index (χ3v) is 5.80. The van der Waals surface area contributed by atoms with E-state index in [1.54, 1.807) is 31.2 Å². The highest BCUT2D eigenvalue weighted by Crippen LogP contribution is 2.41. The Hall–Kier alpha value is -2.74. The number of aromatic hydroxyl groups is 1. The highest BCUT2D eigenvalue weighted by molar-refractivity contribution is 8.18. The molecule has 2 N–H and O–H groups in total. The molecule has 6 nitrogen and oxygen atoms in total. The first kappa shape index (κ1) is 22.9. The molecule has 2 aromatic carbocycles. The summed E-state index contributed by atoms with van der Waals surface area (Å²) in [7, 11) is 0. The molecule has 31 heavy (non-hydrogen) atoms. The van der Waals surface area contributed by atoms with E-state index < -0.39 is 11.9 Å². The van der Waals surface area contributed by atoms with Crippen molar-refractivity contribution in [1.82, 2.24) is 0 Å². The van der Waals surface area contributed by atoms with E-state index in [9.17, 15) is 19.8 Å². The minimum absolute atomic E-state index is 0.0174. The maximum absolute atomic E-state index is 12.6. The number of hydrogen-bond donors (Lipinski definition) is 2. The molecule has 1 aliphatic rings. The average molecular weight is 478 g/mol. The van der Waals surface area contributed by atoms with Crippen LogP contribution in [0.4, 0.5) is 0 Å². The van der Waals surface area contributed by atoms with Crippen molar-refractivity contribution in [2.75, 3.05) is 6.61 Å². The summed E-state index contributed by atoms with van der Waals surface area (Å²) in [6.45, 7) is 3.61. The van der Waals surface area contributed by atoms with Gasteiger partial charge in [0.05, 0.1) is 21.6 Å². The molecule has 1 amide bonds. The SMILES string of the molecule is CCOC(=O)C1=C(O)/C(=C/c2cc(Cl)c(O)c(Cl)c2)SC1=NC(=O)c1ccc(C)cc1. The predicted molar refractivity (Wildman–Crippen MR) is 123 cm³/mol. The van der Waals surface area contributed by atoms with Crippen LogP contribution in [-0.4, -0.2) is 33.7 Å². The molecular formula is C22H17Cl2NO5S. The van der Waals surface area contributed by atoms with Gasteiger partial charge in [-0.25, -0.2) is 9.79 Å². The molecule has 0 spiro atoms. The van der Waals surface area contributed by atoms with Gasteiger partial charge in [-0.05, 0) is 49.8 Å². The van der Waals surface area contributed by atoms with Gasteiger partial charge in [-0.15, -0.1) is 0 Å². The molecule has 0 aromatic heterocycles. The zero-order chi connectivity index (χ0) is 22.7. The fraction of sp³-hybridized carbons (Fsp3) is 0.136. The Morgan fingerprint density at radius 2 is 1.74 bits per heavy atom. The smallest absolute Gasteiger partial charge is 0.344 e. The molecule has 3 rings (SSSR count). The number of esters is 1. The quantitative estimate of drug-likeness (QED) is 0.547. The number of thioether (sulfide) groups is 1. The highest BCUT2D eigenvalue weighted by Gasteiger charge is 2.34. The van der Waals surface area contributed by atoms with Gasteiger partial charge in [-0.2, -0.15) is 0 Å². The molecule has 0 aliphatic carbocycles. The van der Waals surface area contributed by atoms with Crippen molar-refractivity contribution in [3.8, 4) is 5.75 Å². The number of aliphatic hydroxyl groups is 1. The number of amides is 1. The summed E-state index contributed by atoms with van der Waals surface area (Å²) in [4.78, 5) is 29.3. The predicted octanol–water partition coefficient (Wildman–Crippen LogP) is 5.71. The molecule has 0 unspecified atom stereocenters. The summed E-state index contributed by atoms with van der Waals surface area (Å²) >= 11 is 12.8. The Bertz CT molecular complexity index is 1130. The van der Waals surface area contributed by atoms with Gasteiger partial charge in [0, 0.05) is 5.56 Å². The van der Waals surface area contributed by atoms with Gasteiger partial charge < -0.3 is 14.9 Å². The molecule has 1 aliphatic heterocycles. The lowest BCUT2D eigenvalue weighted by Crippen LogP contribution is -2.14. The van der Waals surface area contributed by atoms with Crippen molar-refractivity contribution in [2.24, 2.45) is 4.99 Å². The first-order valence-corrected chi connectivity index (χ1v) is 10.7. The number of hydrogen-bond acceptors (Lipinski definition) is 6. The van der Waals surface area contributed by atoms with Crippen LogP contribution in [0.1, 0.15) is 28.4 Å². The first-order valence-electron chi connectivity index (χ1n) is 9.09. The number of rotatable bonds is 4. The van der Waals surface area contributed by atoms with Crippen LogP contribution in [0.3, 0.4) is 0 Å². The third kappa shape index (κ3) is 5.12. The second-order valence-corrected chi connectivity index (χ2v) is 8.32. The minimum atomic E-state index is -0.798. The number of nitrogens with zero attached hydrogens (tertiary/aromatic N) is 1. The van der Waals surface area contributed by atoms with Crippen LogP contribution in [0.15, 0.2) is 57.6 Å². The summed E-state index contributed by atoms with van der Waals surface area (Å²) in [6, 6.07) is 9.70. The number of aliphatic hydroxyl groups excluding tert-OH is 1. The highest BCUT2D eigenvalue weighted by atomic mass is 35.5. The lowest BCUT2D eigenvalue weighted by molar-refractivity contribution is -0.138. The Balaban J connectivity index is 2.03. The number of benzene rings is 2. The van der Waals surface area contributed by atoms with Gasteiger partial charge in [-0.3, -0.25) is 4.79 Å². The zero-order valence-corrected chi connectivity index (χ0v) is 18.8. The van der Waals surface area contributed by atoms with Crippen molar-refractivity contribution in [3.05, 3.63) is 79.4 Å². The maximum Gasteiger partial charge on any atom is 0.344 e. The molecule has 1 heterocycles. The van der Waals surface area contributed by atoms with Crippen LogP contribution >= 0.6 is 35.0 Å². The third-order valence-electron chi connectivity index (χ3n) is 4.21. The molecule has 0 atom stereocenters. The van der Waals surface area contributed by atoms with Crippen LogP contribution in [0.5, 0.6) is 5.75 Å². The van der Waals surface area contributed by atoms with Crippen molar-refractivity contribution in [3.63, 3.8) is 0 Å². The molecule has 0 radical (unpaired) electrons. The summed E-state index contributed by atoms with van der Waals surface area (Å²) in [5.74, 6) is -2.00. The molecule has 0 saturated heterocycles. The first-order chi connectivity index (χ1) is 14.7. The van der Waals surface area contributed by atoms with Crippen molar-refractivity contribution < 1.29 is 24.5 Å². The van der Waals surface area contributed by atoms with Crippen molar-refractivity contribution in [1.29, 1.82) is 0 Å². The van der Waals surface area contributed by atoms with Gasteiger partial charge in [0.1, 0.15) is 16.4 Å². The van der Waals surface area contributed by atoms with Crippen LogP contribution in [0.25, 0.3) is 6.08 Å². The van der Waals surface area contributed by atoms with E-state index in [-0.39, 0.29) is 43.7 Å². The second kappa shape index (κ2) is 9.60. The Labute approximate surface area is 192 Å². The van der Waals surface area contributed by atoms with Gasteiger partial charge in [0.2, 0.25) is 0 Å². The zero-order valence-electron chi connectivity index (χ0n) is 16.5. The Morgan fingerprint density at radius 3 is 2.32 bits per heavy atom. The Morgan fingerprint density at radius 1 is 1.13 bits per heavy atom. The molecule has 2 aromatic rings. The Kier molecular flexibility index (Phi) is 7.10. The number of carbonyl (C=O) groups is 2. The van der Waals surface area contributed by atoms with Crippen LogP contribution in [0.2, 0.25) is 10.0 Å². The van der Waals surface area contributed by atoms with Crippen LogP contribution < -0.4 is 0 Å². The fourth-order valence-corrected chi connectivity index (χ4v) is 4.18. The molecular weight excluding hydrogens is 461 g/mol. The minimum Gasteiger partial charge on any atom is -0.506 e. The number of aryl methyl sites for hydroxylation is 1. The lowest BCUT2D eigenvalue weighted by atomic mass is 10.1. The topological polar surface area (TPSA) is 96.2 Å². The van der Waals surface area contributed by atoms with Gasteiger partial charge in [-0.1, -0.05) is 52.7 Å². The van der Waals surface area contributed by atoms with Crippen molar-refractivity contribution in [2.45, 2.75) is 13.8 Å². The number of phenols is 1. The van der Waals surface area contributed by atoms with E-state index in [4.69, 9.17) is 27.9 Å². The number of halogens is 2. The molecule has 0 fully saturated rings. The van der Waals surface area contributed by atoms with E-state index in [2.05, 4.69) is 4.99 Å². The number of carbonyl (C=O) groups excluding carboxylic acids is 2. The van der Waals surface area contributed by atoms with Crippen LogP contribution in [-0.2, 0) is 9.53 Å². The van der Waals surface area contributed by atoms with E-state index in [1.807, 2.05) is 6.92 Å². The maximum atomic E-state index is 12.6. The summed E-state index contributed by atoms with van der Waals surface area (Å²) in [6.07, 6.45) is 1.51. The van der Waals surface area contributed by atoms with Gasteiger partial charge >= 0.3 is 5.97 Å². The molecule has 9 heteroatoms. The van der Waals surface area contributed by atoms with E-state index in [0.29, 0.717) is 11.1 Å². The summed E-state index contributed by atoms with van der Waals surface area (Å²) in [5.41, 5.74) is 1.60. The van der Waals surface area contributed by atoms with Crippen molar-refractivity contribution >= 4 is 58.0 Å². The molecule has 160 valence electrons. The summed E-state index contributed by atoms with van der Waals surface area (Å²) < 4.78 is 5.02. The van der Waals surface area contributed by atoms with E-state index >= 15 is 0 Å². The van der Waals surface area contributed by atoms with E-state index in [1.165, 1.54) is 18.2 Å². The van der Waals surface area contributed by atoms with E-state index in [0.717, 1.165) is 17.3 Å². The monoisotopic (exact) mass is 477 g/mol. The molecule has 0 saturated carbocycles. The lowest BCUT2D eigenvalue weighted by Gasteiger charge is -2.03. The largest absolute Gasteiger partial charge is 0.506 e. The number of phenolic OH excluding ortho intramolecular Hbond substituents is 1. The average Bonchev–Trinajstić information content (AvgIpc) is 3.01. The van der Waals surface area contributed by atoms with Crippen LogP contribution in [0, 0.1) is 6.92 Å². The number of aliphatic imine (C=N–C) groups is 1. The standard InChI is InChI=1S/C22H17Cl2NO5S/c1-3-30-22(29)17-19(27)16(10-12-8-14(23)18(26)15(24)9-12)31-21(17)25-20(28)13-6-4-11(2)5-7-13/h4-10,26-27H,3H2,1-2H3/b16-10-,25-21?. The molecule has 0 bridgehead atoms. The number of ether oxygens (including phenoxy) is 1. The normalized spacial score (nSPS) is 16.3. The fourth-order valence-electron chi connectivity index (χ4n) is 2.66. The summed E-state index contributed by atoms with van der Waals surface area (Å²) in [5, 5.41) is 20.5. The second-order valence-electron chi connectivity index (χ2n) is 6.48.